The number of nitrogens with one attached hydrogen (secondary N) is 2. The number of nitrogens with zero attached hydrogens (tertiary/aromatic N) is 3. The Labute approximate surface area is 179 Å². The van der Waals surface area contributed by atoms with E-state index in [0.29, 0.717) is 23.1 Å². The monoisotopic (exact) mass is 432 g/mol. The third-order valence-corrected chi connectivity index (χ3v) is 5.73. The molecule has 3 heterocycles. The molecule has 5 aromatic rings. The van der Waals surface area contributed by atoms with E-state index in [-0.39, 0.29) is 5.56 Å². The van der Waals surface area contributed by atoms with Crippen molar-refractivity contribution >= 4 is 38.8 Å². The first-order valence-corrected chi connectivity index (χ1v) is 10.7. The molecule has 0 radical (unpaired) electrons. The van der Waals surface area contributed by atoms with Gasteiger partial charge in [-0.2, -0.15) is 5.10 Å². The molecule has 0 aliphatic carbocycles. The van der Waals surface area contributed by atoms with Crippen LogP contribution in [0.15, 0.2) is 71.9 Å². The van der Waals surface area contributed by atoms with Gasteiger partial charge in [-0.05, 0) is 29.3 Å². The minimum absolute atomic E-state index is 0.180. The lowest BCUT2D eigenvalue weighted by Gasteiger charge is -2.13. The minimum Gasteiger partial charge on any atom is -0.755 e. The van der Waals surface area contributed by atoms with Crippen LogP contribution in [-0.4, -0.2) is 28.1 Å². The van der Waals surface area contributed by atoms with Crippen LogP contribution in [0.1, 0.15) is 5.56 Å². The maximum atomic E-state index is 12.3. The SMILES string of the molecule is Cn1cc(-c2cc(NS(=O)[O-])c3cnn(Cc4ccccc4)c3c2)c2cc[nH]c(=O)c21. The highest BCUT2D eigenvalue weighted by molar-refractivity contribution is 7.80. The van der Waals surface area contributed by atoms with E-state index in [2.05, 4.69) is 14.8 Å². The molecule has 8 nitrogen and oxygen atoms in total. The van der Waals surface area contributed by atoms with E-state index in [0.717, 1.165) is 27.6 Å². The molecule has 156 valence electrons. The average molecular weight is 432 g/mol. The predicted molar refractivity (Wildman–Crippen MR) is 120 cm³/mol. The number of benzene rings is 2. The molecule has 2 aromatic carbocycles. The summed E-state index contributed by atoms with van der Waals surface area (Å²) in [6.45, 7) is 0.545. The summed E-state index contributed by atoms with van der Waals surface area (Å²) in [5, 5.41) is 5.97. The summed E-state index contributed by atoms with van der Waals surface area (Å²) in [6.07, 6.45) is 5.14. The summed E-state index contributed by atoms with van der Waals surface area (Å²) in [6, 6.07) is 15.5. The lowest BCUT2D eigenvalue weighted by atomic mass is 10.0. The van der Waals surface area contributed by atoms with Crippen molar-refractivity contribution in [1.29, 1.82) is 0 Å². The van der Waals surface area contributed by atoms with Crippen LogP contribution in [-0.2, 0) is 24.9 Å². The van der Waals surface area contributed by atoms with Crippen LogP contribution in [0.4, 0.5) is 5.69 Å². The van der Waals surface area contributed by atoms with Crippen LogP contribution >= 0.6 is 0 Å². The van der Waals surface area contributed by atoms with Gasteiger partial charge < -0.3 is 18.8 Å². The quantitative estimate of drug-likeness (QED) is 0.416. The molecule has 0 saturated carbocycles. The van der Waals surface area contributed by atoms with Gasteiger partial charge in [-0.1, -0.05) is 30.3 Å². The number of aromatic amines is 1. The minimum atomic E-state index is -2.49. The number of fused-ring (bicyclic) bond motifs is 2. The van der Waals surface area contributed by atoms with Crippen molar-refractivity contribution in [3.05, 3.63) is 83.0 Å². The molecular formula is C22H18N5O3S-. The fourth-order valence-corrected chi connectivity index (χ4v) is 4.33. The second-order valence-electron chi connectivity index (χ2n) is 7.30. The summed E-state index contributed by atoms with van der Waals surface area (Å²) in [7, 11) is 1.81. The van der Waals surface area contributed by atoms with Crippen LogP contribution in [0.25, 0.3) is 32.9 Å². The Morgan fingerprint density at radius 2 is 1.97 bits per heavy atom. The topological polar surface area (TPSA) is 108 Å². The second-order valence-corrected chi connectivity index (χ2v) is 7.98. The molecule has 0 aliphatic rings. The van der Waals surface area contributed by atoms with Gasteiger partial charge in [0.25, 0.3) is 5.56 Å². The fraction of sp³-hybridized carbons (Fsp3) is 0.0909. The Hall–Kier alpha value is -3.69. The fourth-order valence-electron chi connectivity index (χ4n) is 3.98. The van der Waals surface area contributed by atoms with Gasteiger partial charge in [0.05, 0.1) is 23.9 Å². The van der Waals surface area contributed by atoms with E-state index in [1.165, 1.54) is 0 Å². The van der Waals surface area contributed by atoms with Crippen molar-refractivity contribution in [2.75, 3.05) is 4.72 Å². The molecule has 1 atom stereocenters. The summed E-state index contributed by atoms with van der Waals surface area (Å²) in [5.41, 5.74) is 4.29. The molecule has 0 saturated heterocycles. The van der Waals surface area contributed by atoms with Gasteiger partial charge >= 0.3 is 0 Å². The zero-order valence-electron chi connectivity index (χ0n) is 16.5. The van der Waals surface area contributed by atoms with Gasteiger partial charge in [0, 0.05) is 47.0 Å². The standard InChI is InChI=1S/C22H19N5O3S/c1-26-13-18(16-7-8-23-22(28)21(16)26)15-9-19(25-31(29)30)17-11-24-27(20(17)10-15)12-14-5-3-2-4-6-14/h2-11,13,25H,12H2,1H3,(H,23,28)(H,29,30)/p-1. The number of anilines is 1. The summed E-state index contributed by atoms with van der Waals surface area (Å²) >= 11 is -2.49. The normalized spacial score (nSPS) is 12.5. The Balaban J connectivity index is 1.74. The van der Waals surface area contributed by atoms with Crippen molar-refractivity contribution < 1.29 is 8.76 Å². The van der Waals surface area contributed by atoms with Crippen LogP contribution in [0.5, 0.6) is 0 Å². The molecule has 1 unspecified atom stereocenters. The third kappa shape index (κ3) is 3.43. The number of hydrogen-bond acceptors (Lipinski definition) is 4. The first-order valence-electron chi connectivity index (χ1n) is 9.58. The highest BCUT2D eigenvalue weighted by Crippen LogP contribution is 2.35. The molecule has 9 heteroatoms. The Kier molecular flexibility index (Phi) is 4.68. The predicted octanol–water partition coefficient (Wildman–Crippen LogP) is 3.14. The maximum absolute atomic E-state index is 12.3. The van der Waals surface area contributed by atoms with Gasteiger partial charge in [0.2, 0.25) is 0 Å². The van der Waals surface area contributed by atoms with Gasteiger partial charge in [0.1, 0.15) is 5.52 Å². The van der Waals surface area contributed by atoms with Gasteiger partial charge in [0.15, 0.2) is 0 Å². The van der Waals surface area contributed by atoms with Crippen LogP contribution in [0.2, 0.25) is 0 Å². The van der Waals surface area contributed by atoms with E-state index in [1.807, 2.05) is 60.4 Å². The summed E-state index contributed by atoms with van der Waals surface area (Å²) in [4.78, 5) is 15.0. The number of rotatable bonds is 5. The number of aromatic nitrogens is 4. The van der Waals surface area contributed by atoms with E-state index in [4.69, 9.17) is 0 Å². The third-order valence-electron chi connectivity index (χ3n) is 5.34. The lowest BCUT2D eigenvalue weighted by molar-refractivity contribution is 0.542. The average Bonchev–Trinajstić information content (AvgIpc) is 3.30. The number of pyridine rings is 1. The molecule has 5 rings (SSSR count). The van der Waals surface area contributed by atoms with Gasteiger partial charge in [-0.25, -0.2) is 0 Å². The Bertz CT molecular complexity index is 1500. The highest BCUT2D eigenvalue weighted by Gasteiger charge is 2.16. The summed E-state index contributed by atoms with van der Waals surface area (Å²) < 4.78 is 29.0. The van der Waals surface area contributed by atoms with Crippen molar-refractivity contribution in [2.45, 2.75) is 6.54 Å². The molecule has 31 heavy (non-hydrogen) atoms. The molecule has 0 aliphatic heterocycles. The highest BCUT2D eigenvalue weighted by atomic mass is 32.2. The molecule has 2 N–H and O–H groups in total. The molecule has 0 spiro atoms. The van der Waals surface area contributed by atoms with Gasteiger partial charge in [-0.3, -0.25) is 13.7 Å². The number of aryl methyl sites for hydroxylation is 1. The lowest BCUT2D eigenvalue weighted by Crippen LogP contribution is -2.07. The molecular weight excluding hydrogens is 414 g/mol. The zero-order chi connectivity index (χ0) is 21.5. The van der Waals surface area contributed by atoms with Crippen LogP contribution in [0, 0.1) is 0 Å². The van der Waals surface area contributed by atoms with Crippen molar-refractivity contribution in [3.63, 3.8) is 0 Å². The Morgan fingerprint density at radius 1 is 1.16 bits per heavy atom. The number of H-pyrrole nitrogens is 1. The van der Waals surface area contributed by atoms with Gasteiger partial charge in [-0.15, -0.1) is 0 Å². The smallest absolute Gasteiger partial charge is 0.272 e. The first kappa shape index (κ1) is 19.3. The largest absolute Gasteiger partial charge is 0.755 e. The van der Waals surface area contributed by atoms with Crippen LogP contribution in [0.3, 0.4) is 0 Å². The zero-order valence-corrected chi connectivity index (χ0v) is 17.3. The van der Waals surface area contributed by atoms with Crippen molar-refractivity contribution in [1.82, 2.24) is 19.3 Å². The maximum Gasteiger partial charge on any atom is 0.272 e. The molecule has 3 aromatic heterocycles. The van der Waals surface area contributed by atoms with Crippen molar-refractivity contribution in [3.8, 4) is 11.1 Å². The molecule has 0 fully saturated rings. The van der Waals surface area contributed by atoms with E-state index in [9.17, 15) is 13.6 Å². The summed E-state index contributed by atoms with van der Waals surface area (Å²) in [5.74, 6) is 0. The van der Waals surface area contributed by atoms with E-state index < -0.39 is 11.3 Å². The first-order chi connectivity index (χ1) is 15.0. The molecule has 0 bridgehead atoms. The number of hydrogen-bond donors (Lipinski definition) is 2. The van der Waals surface area contributed by atoms with Crippen LogP contribution < -0.4 is 10.3 Å². The van der Waals surface area contributed by atoms with E-state index >= 15 is 0 Å². The Morgan fingerprint density at radius 3 is 2.74 bits per heavy atom. The molecule has 0 amide bonds. The second kappa shape index (κ2) is 7.53. The van der Waals surface area contributed by atoms with E-state index in [1.54, 1.807) is 23.0 Å². The van der Waals surface area contributed by atoms with Crippen molar-refractivity contribution in [2.24, 2.45) is 7.05 Å².